The first-order valence-electron chi connectivity index (χ1n) is 7.03. The summed E-state index contributed by atoms with van der Waals surface area (Å²) in [5, 5.41) is 6.90. The van der Waals surface area contributed by atoms with E-state index in [0.717, 1.165) is 37.5 Å². The molecular formula is C13H21N3O2S. The van der Waals surface area contributed by atoms with Crippen LogP contribution in [0.1, 0.15) is 43.8 Å². The molecule has 1 aromatic heterocycles. The summed E-state index contributed by atoms with van der Waals surface area (Å²) in [6, 6.07) is 0.196. The van der Waals surface area contributed by atoms with Gasteiger partial charge in [0.1, 0.15) is 4.90 Å². The van der Waals surface area contributed by atoms with E-state index < -0.39 is 9.84 Å². The van der Waals surface area contributed by atoms with Gasteiger partial charge < -0.3 is 0 Å². The van der Waals surface area contributed by atoms with Gasteiger partial charge in [-0.25, -0.2) is 8.42 Å². The number of hydrogen-bond acceptors (Lipinski definition) is 4. The minimum absolute atomic E-state index is 0.196. The van der Waals surface area contributed by atoms with E-state index in [0.29, 0.717) is 4.90 Å². The largest absolute Gasteiger partial charge is 0.294 e. The molecule has 0 amide bonds. The van der Waals surface area contributed by atoms with Crippen molar-refractivity contribution in [3.63, 3.8) is 0 Å². The zero-order valence-corrected chi connectivity index (χ0v) is 12.1. The van der Waals surface area contributed by atoms with Gasteiger partial charge in [0.05, 0.1) is 17.9 Å². The van der Waals surface area contributed by atoms with Crippen LogP contribution in [0.3, 0.4) is 0 Å². The molecule has 6 heteroatoms. The molecule has 106 valence electrons. The van der Waals surface area contributed by atoms with Crippen molar-refractivity contribution in [3.8, 4) is 0 Å². The van der Waals surface area contributed by atoms with E-state index in [1.165, 1.54) is 31.7 Å². The minimum Gasteiger partial charge on any atom is -0.294 e. The molecule has 2 heterocycles. The Labute approximate surface area is 114 Å². The van der Waals surface area contributed by atoms with Crippen molar-refractivity contribution in [2.45, 2.75) is 43.0 Å². The Morgan fingerprint density at radius 2 is 2.16 bits per heavy atom. The lowest BCUT2D eigenvalue weighted by molar-refractivity contribution is 0.137. The SMILES string of the molecule is CS(=O)(=O)c1cn[nH]c1C1CCCCN1CC1CC1. The smallest absolute Gasteiger partial charge is 0.178 e. The highest BCUT2D eigenvalue weighted by Gasteiger charge is 2.33. The number of rotatable bonds is 4. The first-order valence-corrected chi connectivity index (χ1v) is 8.92. The zero-order chi connectivity index (χ0) is 13.5. The highest BCUT2D eigenvalue weighted by Crippen LogP contribution is 2.37. The number of nitrogens with one attached hydrogen (secondary N) is 1. The van der Waals surface area contributed by atoms with Gasteiger partial charge in [0.2, 0.25) is 0 Å². The van der Waals surface area contributed by atoms with Crippen LogP contribution < -0.4 is 0 Å². The second-order valence-corrected chi connectivity index (χ2v) is 7.85. The fourth-order valence-corrected chi connectivity index (χ4v) is 3.81. The summed E-state index contributed by atoms with van der Waals surface area (Å²) in [6.45, 7) is 2.18. The molecular weight excluding hydrogens is 262 g/mol. The Morgan fingerprint density at radius 1 is 1.37 bits per heavy atom. The predicted molar refractivity (Wildman–Crippen MR) is 72.6 cm³/mol. The Bertz CT molecular complexity index is 548. The number of hydrogen-bond donors (Lipinski definition) is 1. The van der Waals surface area contributed by atoms with Crippen LogP contribution in [0, 0.1) is 5.92 Å². The molecule has 2 fully saturated rings. The van der Waals surface area contributed by atoms with E-state index >= 15 is 0 Å². The van der Waals surface area contributed by atoms with Crippen LogP contribution in [0.25, 0.3) is 0 Å². The molecule has 19 heavy (non-hydrogen) atoms. The number of piperidine rings is 1. The summed E-state index contributed by atoms with van der Waals surface area (Å²) in [7, 11) is -3.20. The summed E-state index contributed by atoms with van der Waals surface area (Å²) in [4.78, 5) is 2.82. The molecule has 0 bridgehead atoms. The van der Waals surface area contributed by atoms with Gasteiger partial charge >= 0.3 is 0 Å². The number of nitrogens with zero attached hydrogens (tertiary/aromatic N) is 2. The molecule has 5 nitrogen and oxygen atoms in total. The molecule has 1 atom stereocenters. The third kappa shape index (κ3) is 2.84. The quantitative estimate of drug-likeness (QED) is 0.914. The molecule has 1 aromatic rings. The maximum atomic E-state index is 11.8. The second kappa shape index (κ2) is 4.90. The van der Waals surface area contributed by atoms with Gasteiger partial charge in [-0.05, 0) is 38.1 Å². The fraction of sp³-hybridized carbons (Fsp3) is 0.769. The highest BCUT2D eigenvalue weighted by molar-refractivity contribution is 7.90. The monoisotopic (exact) mass is 283 g/mol. The number of sulfone groups is 1. The summed E-state index contributed by atoms with van der Waals surface area (Å²) in [5.74, 6) is 0.824. The lowest BCUT2D eigenvalue weighted by Gasteiger charge is -2.35. The first kappa shape index (κ1) is 13.1. The molecule has 1 N–H and O–H groups in total. The second-order valence-electron chi connectivity index (χ2n) is 5.87. The number of aromatic nitrogens is 2. The van der Waals surface area contributed by atoms with Crippen molar-refractivity contribution in [2.24, 2.45) is 5.92 Å². The third-order valence-corrected chi connectivity index (χ3v) is 5.29. The maximum Gasteiger partial charge on any atom is 0.178 e. The highest BCUT2D eigenvalue weighted by atomic mass is 32.2. The van der Waals surface area contributed by atoms with E-state index in [2.05, 4.69) is 15.1 Å². The lowest BCUT2D eigenvalue weighted by Crippen LogP contribution is -2.35. The molecule has 0 spiro atoms. The summed E-state index contributed by atoms with van der Waals surface area (Å²) >= 11 is 0. The van der Waals surface area contributed by atoms with E-state index in [9.17, 15) is 8.42 Å². The lowest BCUT2D eigenvalue weighted by atomic mass is 9.99. The van der Waals surface area contributed by atoms with Gasteiger partial charge in [0, 0.05) is 12.8 Å². The van der Waals surface area contributed by atoms with Crippen molar-refractivity contribution < 1.29 is 8.42 Å². The standard InChI is InChI=1S/C13H21N3O2S/c1-19(17,18)12-8-14-15-13(12)11-4-2-3-7-16(11)9-10-5-6-10/h8,10-11H,2-7,9H2,1H3,(H,14,15). The van der Waals surface area contributed by atoms with Crippen LogP contribution in [0.15, 0.2) is 11.1 Å². The fourth-order valence-electron chi connectivity index (χ4n) is 2.99. The average molecular weight is 283 g/mol. The van der Waals surface area contributed by atoms with Crippen molar-refractivity contribution in [2.75, 3.05) is 19.3 Å². The van der Waals surface area contributed by atoms with Gasteiger partial charge in [-0.15, -0.1) is 0 Å². The molecule has 0 aromatic carbocycles. The van der Waals surface area contributed by atoms with Gasteiger partial charge in [-0.3, -0.25) is 10.00 Å². The average Bonchev–Trinajstić information content (AvgIpc) is 3.02. The molecule has 1 saturated carbocycles. The summed E-state index contributed by atoms with van der Waals surface area (Å²) in [5.41, 5.74) is 0.794. The Morgan fingerprint density at radius 3 is 2.84 bits per heavy atom. The van der Waals surface area contributed by atoms with E-state index in [-0.39, 0.29) is 6.04 Å². The van der Waals surface area contributed by atoms with Crippen LogP contribution in [0.5, 0.6) is 0 Å². The van der Waals surface area contributed by atoms with Crippen molar-refractivity contribution in [1.29, 1.82) is 0 Å². The molecule has 1 unspecified atom stereocenters. The Kier molecular flexibility index (Phi) is 3.39. The summed E-state index contributed by atoms with van der Waals surface area (Å²) < 4.78 is 23.6. The van der Waals surface area contributed by atoms with Gasteiger partial charge in [-0.1, -0.05) is 6.42 Å². The predicted octanol–water partition coefficient (Wildman–Crippen LogP) is 1.75. The first-order chi connectivity index (χ1) is 9.05. The van der Waals surface area contributed by atoms with Crippen LogP contribution in [-0.2, 0) is 9.84 Å². The van der Waals surface area contributed by atoms with Crippen molar-refractivity contribution in [3.05, 3.63) is 11.9 Å². The topological polar surface area (TPSA) is 66.1 Å². The number of likely N-dealkylation sites (tertiary alicyclic amines) is 1. The molecule has 3 rings (SSSR count). The van der Waals surface area contributed by atoms with Crippen LogP contribution >= 0.6 is 0 Å². The van der Waals surface area contributed by atoms with E-state index in [1.54, 1.807) is 0 Å². The molecule has 0 radical (unpaired) electrons. The van der Waals surface area contributed by atoms with E-state index in [1.807, 2.05) is 0 Å². The van der Waals surface area contributed by atoms with Crippen LogP contribution in [0.4, 0.5) is 0 Å². The number of H-pyrrole nitrogens is 1. The van der Waals surface area contributed by atoms with Crippen LogP contribution in [0.2, 0.25) is 0 Å². The molecule has 1 saturated heterocycles. The number of aromatic amines is 1. The van der Waals surface area contributed by atoms with Crippen molar-refractivity contribution >= 4 is 9.84 Å². The molecule has 2 aliphatic rings. The van der Waals surface area contributed by atoms with Gasteiger partial charge in [0.25, 0.3) is 0 Å². The van der Waals surface area contributed by atoms with Gasteiger partial charge in [-0.2, -0.15) is 5.10 Å². The Hall–Kier alpha value is -0.880. The normalized spacial score (nSPS) is 25.6. The maximum absolute atomic E-state index is 11.8. The van der Waals surface area contributed by atoms with E-state index in [4.69, 9.17) is 0 Å². The van der Waals surface area contributed by atoms with Crippen molar-refractivity contribution in [1.82, 2.24) is 15.1 Å². The summed E-state index contributed by atoms with van der Waals surface area (Å²) in [6.07, 6.45) is 8.76. The molecule has 1 aliphatic carbocycles. The third-order valence-electron chi connectivity index (χ3n) is 4.17. The van der Waals surface area contributed by atoms with Gasteiger partial charge in [0.15, 0.2) is 9.84 Å². The molecule has 1 aliphatic heterocycles. The Balaban J connectivity index is 1.87. The van der Waals surface area contributed by atoms with Crippen LogP contribution in [-0.4, -0.2) is 42.9 Å². The minimum atomic E-state index is -3.20. The zero-order valence-electron chi connectivity index (χ0n) is 11.3.